The minimum atomic E-state index is 0.738. The van der Waals surface area contributed by atoms with Gasteiger partial charge >= 0.3 is 0 Å². The second-order valence-electron chi connectivity index (χ2n) is 4.45. The lowest BCUT2D eigenvalue weighted by Crippen LogP contribution is -2.01. The Morgan fingerprint density at radius 1 is 1.11 bits per heavy atom. The summed E-state index contributed by atoms with van der Waals surface area (Å²) in [4.78, 5) is 0. The zero-order chi connectivity index (χ0) is 13.2. The van der Waals surface area contributed by atoms with Crippen LogP contribution in [-0.2, 0) is 13.6 Å². The molecule has 4 heteroatoms. The Kier molecular flexibility index (Phi) is 3.42. The standard InChI is InChI=1S/C15H14IN3/c1-19-15-5-3-2-4-13(15)14(18-19)10-17-12-8-6-11(16)7-9-12/h2-9,17H,10H2,1H3. The van der Waals surface area contributed by atoms with E-state index < -0.39 is 0 Å². The van der Waals surface area contributed by atoms with Gasteiger partial charge in [-0.3, -0.25) is 4.68 Å². The monoisotopic (exact) mass is 363 g/mol. The number of benzene rings is 2. The number of halogens is 1. The molecule has 0 radical (unpaired) electrons. The van der Waals surface area contributed by atoms with Gasteiger partial charge < -0.3 is 5.32 Å². The van der Waals surface area contributed by atoms with Crippen LogP contribution < -0.4 is 5.32 Å². The molecule has 3 rings (SSSR count). The van der Waals surface area contributed by atoms with E-state index in [1.54, 1.807) is 0 Å². The zero-order valence-electron chi connectivity index (χ0n) is 10.6. The van der Waals surface area contributed by atoms with Crippen LogP contribution in [0.15, 0.2) is 48.5 Å². The molecule has 0 saturated heterocycles. The Bertz CT molecular complexity index is 701. The van der Waals surface area contributed by atoms with Crippen molar-refractivity contribution in [2.24, 2.45) is 7.05 Å². The molecule has 96 valence electrons. The van der Waals surface area contributed by atoms with Gasteiger partial charge in [0.15, 0.2) is 0 Å². The molecular weight excluding hydrogens is 349 g/mol. The van der Waals surface area contributed by atoms with Crippen molar-refractivity contribution in [1.29, 1.82) is 0 Å². The molecule has 0 atom stereocenters. The summed E-state index contributed by atoms with van der Waals surface area (Å²) in [6.45, 7) is 0.738. The first kappa shape index (κ1) is 12.5. The molecule has 1 N–H and O–H groups in total. The fourth-order valence-electron chi connectivity index (χ4n) is 2.17. The lowest BCUT2D eigenvalue weighted by molar-refractivity contribution is 0.771. The summed E-state index contributed by atoms with van der Waals surface area (Å²) in [5.41, 5.74) is 3.37. The van der Waals surface area contributed by atoms with Crippen molar-refractivity contribution in [3.05, 3.63) is 57.8 Å². The second-order valence-corrected chi connectivity index (χ2v) is 5.69. The highest BCUT2D eigenvalue weighted by atomic mass is 127. The van der Waals surface area contributed by atoms with Gasteiger partial charge in [0.05, 0.1) is 17.8 Å². The van der Waals surface area contributed by atoms with Gasteiger partial charge in [0.2, 0.25) is 0 Å². The van der Waals surface area contributed by atoms with Crippen LogP contribution in [0.3, 0.4) is 0 Å². The summed E-state index contributed by atoms with van der Waals surface area (Å²) in [7, 11) is 1.98. The molecule has 0 bridgehead atoms. The van der Waals surface area contributed by atoms with Gasteiger partial charge in [0.1, 0.15) is 0 Å². The van der Waals surface area contributed by atoms with Gasteiger partial charge in [-0.05, 0) is 52.9 Å². The minimum absolute atomic E-state index is 0.738. The third kappa shape index (κ3) is 2.58. The van der Waals surface area contributed by atoms with Crippen molar-refractivity contribution in [2.45, 2.75) is 6.54 Å². The molecule has 0 fully saturated rings. The highest BCUT2D eigenvalue weighted by Crippen LogP contribution is 2.19. The number of anilines is 1. The van der Waals surface area contributed by atoms with Gasteiger partial charge in [-0.15, -0.1) is 0 Å². The Morgan fingerprint density at radius 2 is 1.84 bits per heavy atom. The maximum Gasteiger partial charge on any atom is 0.0894 e. The normalized spacial score (nSPS) is 10.8. The zero-order valence-corrected chi connectivity index (χ0v) is 12.8. The first-order valence-corrected chi connectivity index (χ1v) is 7.22. The fraction of sp³-hybridized carbons (Fsp3) is 0.133. The van der Waals surface area contributed by atoms with Crippen LogP contribution in [0.5, 0.6) is 0 Å². The number of aryl methyl sites for hydroxylation is 1. The number of hydrogen-bond donors (Lipinski definition) is 1. The van der Waals surface area contributed by atoms with Crippen molar-refractivity contribution in [3.8, 4) is 0 Å². The molecule has 3 aromatic rings. The first-order chi connectivity index (χ1) is 9.24. The average Bonchev–Trinajstić information content (AvgIpc) is 2.76. The predicted octanol–water partition coefficient (Wildman–Crippen LogP) is 3.79. The van der Waals surface area contributed by atoms with E-state index in [-0.39, 0.29) is 0 Å². The van der Waals surface area contributed by atoms with Crippen molar-refractivity contribution >= 4 is 39.2 Å². The van der Waals surface area contributed by atoms with Gasteiger partial charge in [0.25, 0.3) is 0 Å². The van der Waals surface area contributed by atoms with E-state index in [2.05, 4.69) is 75.5 Å². The van der Waals surface area contributed by atoms with Crippen LogP contribution in [0.2, 0.25) is 0 Å². The van der Waals surface area contributed by atoms with Crippen molar-refractivity contribution in [1.82, 2.24) is 9.78 Å². The van der Waals surface area contributed by atoms with Crippen LogP contribution >= 0.6 is 22.6 Å². The Hall–Kier alpha value is -1.56. The summed E-state index contributed by atoms with van der Waals surface area (Å²) < 4.78 is 3.17. The van der Waals surface area contributed by atoms with E-state index in [1.807, 2.05) is 17.8 Å². The average molecular weight is 363 g/mol. The van der Waals surface area contributed by atoms with Gasteiger partial charge in [-0.1, -0.05) is 18.2 Å². The summed E-state index contributed by atoms with van der Waals surface area (Å²) >= 11 is 2.31. The van der Waals surface area contributed by atoms with Crippen LogP contribution in [0.1, 0.15) is 5.69 Å². The van der Waals surface area contributed by atoms with E-state index in [0.29, 0.717) is 0 Å². The number of nitrogens with zero attached hydrogens (tertiary/aromatic N) is 2. The molecule has 0 amide bonds. The maximum absolute atomic E-state index is 4.58. The summed E-state index contributed by atoms with van der Waals surface area (Å²) in [6.07, 6.45) is 0. The van der Waals surface area contributed by atoms with Gasteiger partial charge in [0, 0.05) is 21.7 Å². The molecule has 0 aliphatic heterocycles. The third-order valence-corrected chi connectivity index (χ3v) is 3.86. The molecule has 0 aliphatic carbocycles. The lowest BCUT2D eigenvalue weighted by Gasteiger charge is -2.04. The second kappa shape index (κ2) is 5.21. The number of rotatable bonds is 3. The Balaban J connectivity index is 1.84. The molecule has 3 nitrogen and oxygen atoms in total. The summed E-state index contributed by atoms with van der Waals surface area (Å²) in [6, 6.07) is 16.7. The molecule has 0 aliphatic rings. The molecule has 2 aromatic carbocycles. The molecule has 1 heterocycles. The number of para-hydroxylation sites is 1. The number of nitrogens with one attached hydrogen (secondary N) is 1. The van der Waals surface area contributed by atoms with Crippen LogP contribution in [-0.4, -0.2) is 9.78 Å². The number of hydrogen-bond acceptors (Lipinski definition) is 2. The SMILES string of the molecule is Cn1nc(CNc2ccc(I)cc2)c2ccccc21. The lowest BCUT2D eigenvalue weighted by atomic mass is 10.2. The van der Waals surface area contributed by atoms with E-state index >= 15 is 0 Å². The largest absolute Gasteiger partial charge is 0.379 e. The fourth-order valence-corrected chi connectivity index (χ4v) is 2.53. The van der Waals surface area contributed by atoms with E-state index in [9.17, 15) is 0 Å². The minimum Gasteiger partial charge on any atom is -0.379 e. The van der Waals surface area contributed by atoms with Crippen molar-refractivity contribution < 1.29 is 0 Å². The van der Waals surface area contributed by atoms with Crippen LogP contribution in [0.25, 0.3) is 10.9 Å². The quantitative estimate of drug-likeness (QED) is 0.718. The Labute approximate surface area is 125 Å². The van der Waals surface area contributed by atoms with Crippen molar-refractivity contribution in [2.75, 3.05) is 5.32 Å². The molecule has 0 unspecified atom stereocenters. The van der Waals surface area contributed by atoms with Crippen molar-refractivity contribution in [3.63, 3.8) is 0 Å². The van der Waals surface area contributed by atoms with Crippen LogP contribution in [0, 0.1) is 3.57 Å². The molecule has 0 spiro atoms. The smallest absolute Gasteiger partial charge is 0.0894 e. The van der Waals surface area contributed by atoms with E-state index in [0.717, 1.165) is 17.9 Å². The van der Waals surface area contributed by atoms with Gasteiger partial charge in [-0.2, -0.15) is 5.10 Å². The molecule has 19 heavy (non-hydrogen) atoms. The maximum atomic E-state index is 4.58. The van der Waals surface area contributed by atoms with E-state index in [4.69, 9.17) is 0 Å². The highest BCUT2D eigenvalue weighted by Gasteiger charge is 2.07. The summed E-state index contributed by atoms with van der Waals surface area (Å²) in [5, 5.41) is 9.20. The molecule has 0 saturated carbocycles. The highest BCUT2D eigenvalue weighted by molar-refractivity contribution is 14.1. The summed E-state index contributed by atoms with van der Waals surface area (Å²) in [5.74, 6) is 0. The number of fused-ring (bicyclic) bond motifs is 1. The topological polar surface area (TPSA) is 29.9 Å². The first-order valence-electron chi connectivity index (χ1n) is 6.14. The predicted molar refractivity (Wildman–Crippen MR) is 87.2 cm³/mol. The molecule has 1 aromatic heterocycles. The molecular formula is C15H14IN3. The third-order valence-electron chi connectivity index (χ3n) is 3.14. The number of aromatic nitrogens is 2. The Morgan fingerprint density at radius 3 is 2.63 bits per heavy atom. The van der Waals surface area contributed by atoms with E-state index in [1.165, 1.54) is 14.5 Å². The van der Waals surface area contributed by atoms with Gasteiger partial charge in [-0.25, -0.2) is 0 Å². The van der Waals surface area contributed by atoms with Crippen LogP contribution in [0.4, 0.5) is 5.69 Å².